The van der Waals surface area contributed by atoms with Gasteiger partial charge in [0.2, 0.25) is 0 Å². The van der Waals surface area contributed by atoms with Crippen molar-refractivity contribution in [1.82, 2.24) is 23.6 Å². The fraction of sp³-hybridized carbons (Fsp3) is 0.737. The molecule has 1 saturated heterocycles. The lowest BCUT2D eigenvalue weighted by Crippen LogP contribution is -2.38. The van der Waals surface area contributed by atoms with Crippen molar-refractivity contribution >= 4 is 11.2 Å². The van der Waals surface area contributed by atoms with E-state index in [4.69, 9.17) is 4.98 Å². The molecule has 1 atom stereocenters. The van der Waals surface area contributed by atoms with Crippen LogP contribution in [0.25, 0.3) is 11.2 Å². The summed E-state index contributed by atoms with van der Waals surface area (Å²) in [5.74, 6) is 1.43. The van der Waals surface area contributed by atoms with Gasteiger partial charge in [0, 0.05) is 26.7 Å². The predicted molar refractivity (Wildman–Crippen MR) is 103 cm³/mol. The largest absolute Gasteiger partial charge is 0.332 e. The van der Waals surface area contributed by atoms with E-state index in [1.54, 1.807) is 7.05 Å². The van der Waals surface area contributed by atoms with Crippen molar-refractivity contribution in [2.45, 2.75) is 65.6 Å². The summed E-state index contributed by atoms with van der Waals surface area (Å²) in [6.07, 6.45) is 4.65. The van der Waals surface area contributed by atoms with Crippen molar-refractivity contribution in [3.8, 4) is 0 Å². The lowest BCUT2D eigenvalue weighted by molar-refractivity contribution is 0.147. The zero-order valence-corrected chi connectivity index (χ0v) is 16.7. The third-order valence-corrected chi connectivity index (χ3v) is 5.64. The van der Waals surface area contributed by atoms with Gasteiger partial charge in [0.05, 0.1) is 6.54 Å². The molecule has 2 aromatic heterocycles. The number of hydrogen-bond donors (Lipinski definition) is 0. The lowest BCUT2D eigenvalue weighted by Gasteiger charge is -2.33. The van der Waals surface area contributed by atoms with Gasteiger partial charge in [-0.2, -0.15) is 0 Å². The van der Waals surface area contributed by atoms with Gasteiger partial charge in [0.15, 0.2) is 11.2 Å². The zero-order chi connectivity index (χ0) is 19.0. The Bertz CT molecular complexity index is 905. The molecule has 144 valence electrons. The van der Waals surface area contributed by atoms with Crippen LogP contribution in [0.2, 0.25) is 0 Å². The Morgan fingerprint density at radius 3 is 2.54 bits per heavy atom. The monoisotopic (exact) mass is 361 g/mol. The van der Waals surface area contributed by atoms with Gasteiger partial charge in [-0.15, -0.1) is 0 Å². The molecule has 3 rings (SSSR count). The SMILES string of the molecule is CC(C)CCn1c(CN2CCCCC2C)nc2c1c(=O)n(C)c(=O)n2C. The van der Waals surface area contributed by atoms with E-state index in [-0.39, 0.29) is 11.2 Å². The molecule has 3 heterocycles. The Labute approximate surface area is 154 Å². The number of fused-ring (bicyclic) bond motifs is 1. The maximum absolute atomic E-state index is 12.8. The summed E-state index contributed by atoms with van der Waals surface area (Å²) in [6.45, 7) is 9.16. The normalized spacial score (nSPS) is 18.9. The topological polar surface area (TPSA) is 65.1 Å². The number of imidazole rings is 1. The van der Waals surface area contributed by atoms with Crippen molar-refractivity contribution in [1.29, 1.82) is 0 Å². The molecule has 7 heteroatoms. The van der Waals surface area contributed by atoms with E-state index in [1.165, 1.54) is 35.4 Å². The number of piperidine rings is 1. The van der Waals surface area contributed by atoms with E-state index in [1.807, 2.05) is 0 Å². The Kier molecular flexibility index (Phi) is 5.37. The minimum Gasteiger partial charge on any atom is -0.321 e. The molecule has 0 amide bonds. The smallest absolute Gasteiger partial charge is 0.321 e. The fourth-order valence-corrected chi connectivity index (χ4v) is 3.81. The highest BCUT2D eigenvalue weighted by Crippen LogP contribution is 2.21. The highest BCUT2D eigenvalue weighted by molar-refractivity contribution is 5.71. The Morgan fingerprint density at radius 2 is 1.88 bits per heavy atom. The average Bonchev–Trinajstić information content (AvgIpc) is 2.96. The number of hydrogen-bond acceptors (Lipinski definition) is 4. The Balaban J connectivity index is 2.13. The first kappa shape index (κ1) is 18.9. The van der Waals surface area contributed by atoms with Crippen molar-refractivity contribution in [2.75, 3.05) is 6.54 Å². The molecule has 0 saturated carbocycles. The van der Waals surface area contributed by atoms with Crippen LogP contribution in [0, 0.1) is 5.92 Å². The molecule has 1 unspecified atom stereocenters. The first-order valence-electron chi connectivity index (χ1n) is 9.70. The van der Waals surface area contributed by atoms with Crippen LogP contribution in [0.4, 0.5) is 0 Å². The van der Waals surface area contributed by atoms with E-state index in [0.717, 1.165) is 31.9 Å². The quantitative estimate of drug-likeness (QED) is 0.815. The second-order valence-electron chi connectivity index (χ2n) is 8.06. The average molecular weight is 361 g/mol. The van der Waals surface area contributed by atoms with Gasteiger partial charge >= 0.3 is 5.69 Å². The van der Waals surface area contributed by atoms with Crippen LogP contribution in [0.5, 0.6) is 0 Å². The summed E-state index contributed by atoms with van der Waals surface area (Å²) in [6, 6.07) is 0.522. The van der Waals surface area contributed by atoms with Gasteiger partial charge in [-0.25, -0.2) is 9.78 Å². The molecule has 0 aromatic carbocycles. The minimum absolute atomic E-state index is 0.253. The zero-order valence-electron chi connectivity index (χ0n) is 16.7. The molecular weight excluding hydrogens is 330 g/mol. The number of likely N-dealkylation sites (tertiary alicyclic amines) is 1. The molecule has 1 aliphatic heterocycles. The van der Waals surface area contributed by atoms with Crippen molar-refractivity contribution in [3.05, 3.63) is 26.7 Å². The molecule has 2 aromatic rings. The van der Waals surface area contributed by atoms with Crippen LogP contribution in [0.1, 0.15) is 52.3 Å². The maximum atomic E-state index is 12.8. The first-order valence-corrected chi connectivity index (χ1v) is 9.70. The molecule has 0 N–H and O–H groups in total. The van der Waals surface area contributed by atoms with Gasteiger partial charge in [0.1, 0.15) is 5.82 Å². The van der Waals surface area contributed by atoms with Gasteiger partial charge in [-0.1, -0.05) is 20.3 Å². The Morgan fingerprint density at radius 1 is 1.15 bits per heavy atom. The summed E-state index contributed by atoms with van der Waals surface area (Å²) >= 11 is 0. The maximum Gasteiger partial charge on any atom is 0.332 e. The van der Waals surface area contributed by atoms with Crippen molar-refractivity contribution < 1.29 is 0 Å². The molecule has 1 aliphatic rings. The molecule has 0 radical (unpaired) electrons. The molecule has 0 spiro atoms. The van der Waals surface area contributed by atoms with Gasteiger partial charge in [-0.05, 0) is 38.6 Å². The van der Waals surface area contributed by atoms with E-state index in [0.29, 0.717) is 23.1 Å². The first-order chi connectivity index (χ1) is 12.3. The predicted octanol–water partition coefficient (Wildman–Crippen LogP) is 1.85. The Hall–Kier alpha value is -1.89. The van der Waals surface area contributed by atoms with Crippen LogP contribution in [-0.4, -0.2) is 36.2 Å². The number of aryl methyl sites for hydroxylation is 2. The van der Waals surface area contributed by atoms with E-state index in [2.05, 4.69) is 30.2 Å². The van der Waals surface area contributed by atoms with E-state index in [9.17, 15) is 9.59 Å². The van der Waals surface area contributed by atoms with Crippen LogP contribution in [0.15, 0.2) is 9.59 Å². The molecule has 0 bridgehead atoms. The minimum atomic E-state index is -0.325. The number of rotatable bonds is 5. The standard InChI is InChI=1S/C19H31N5O2/c1-13(2)9-11-24-15(12-23-10-7-6-8-14(23)3)20-17-16(24)18(25)22(5)19(26)21(17)4/h13-14H,6-12H2,1-5H3. The molecule has 1 fully saturated rings. The fourth-order valence-electron chi connectivity index (χ4n) is 3.81. The molecule has 0 aliphatic carbocycles. The summed E-state index contributed by atoms with van der Waals surface area (Å²) in [5, 5.41) is 0. The van der Waals surface area contributed by atoms with E-state index < -0.39 is 0 Å². The van der Waals surface area contributed by atoms with Crippen LogP contribution in [-0.2, 0) is 27.2 Å². The summed E-state index contributed by atoms with van der Waals surface area (Å²) in [7, 11) is 3.23. The van der Waals surface area contributed by atoms with Crippen LogP contribution >= 0.6 is 0 Å². The van der Waals surface area contributed by atoms with Crippen LogP contribution in [0.3, 0.4) is 0 Å². The third-order valence-electron chi connectivity index (χ3n) is 5.64. The summed E-state index contributed by atoms with van der Waals surface area (Å²) < 4.78 is 4.73. The molecular formula is C19H31N5O2. The third kappa shape index (κ3) is 3.37. The lowest BCUT2D eigenvalue weighted by atomic mass is 10.0. The summed E-state index contributed by atoms with van der Waals surface area (Å²) in [5.41, 5.74) is 0.475. The van der Waals surface area contributed by atoms with Crippen molar-refractivity contribution in [2.24, 2.45) is 20.0 Å². The highest BCUT2D eigenvalue weighted by Gasteiger charge is 2.24. The van der Waals surface area contributed by atoms with Crippen molar-refractivity contribution in [3.63, 3.8) is 0 Å². The van der Waals surface area contributed by atoms with Gasteiger partial charge < -0.3 is 4.57 Å². The number of aromatic nitrogens is 4. The van der Waals surface area contributed by atoms with E-state index >= 15 is 0 Å². The molecule has 7 nitrogen and oxygen atoms in total. The second kappa shape index (κ2) is 7.39. The van der Waals surface area contributed by atoms with Crippen LogP contribution < -0.4 is 11.2 Å². The van der Waals surface area contributed by atoms with Gasteiger partial charge in [-0.3, -0.25) is 18.8 Å². The molecule has 26 heavy (non-hydrogen) atoms. The summed E-state index contributed by atoms with van der Waals surface area (Å²) in [4.78, 5) is 32.3. The van der Waals surface area contributed by atoms with Gasteiger partial charge in [0.25, 0.3) is 5.56 Å². The second-order valence-corrected chi connectivity index (χ2v) is 8.06. The number of nitrogens with zero attached hydrogens (tertiary/aromatic N) is 5. The highest BCUT2D eigenvalue weighted by atomic mass is 16.2.